The van der Waals surface area contributed by atoms with Gasteiger partial charge in [0.2, 0.25) is 0 Å². The average molecular weight is 529 g/mol. The van der Waals surface area contributed by atoms with E-state index in [1.165, 1.54) is 33.4 Å². The molecule has 0 saturated carbocycles. The lowest BCUT2D eigenvalue weighted by Crippen LogP contribution is -1.94. The van der Waals surface area contributed by atoms with Gasteiger partial charge in [0.1, 0.15) is 0 Å². The summed E-state index contributed by atoms with van der Waals surface area (Å²) < 4.78 is 0. The number of hydrogen-bond acceptors (Lipinski definition) is 4. The summed E-state index contributed by atoms with van der Waals surface area (Å²) >= 11 is 0. The molecule has 0 aliphatic carbocycles. The summed E-state index contributed by atoms with van der Waals surface area (Å²) in [5, 5.41) is 21.7. The summed E-state index contributed by atoms with van der Waals surface area (Å²) in [5.74, 6) is 0. The molecule has 5 aromatic carbocycles. The van der Waals surface area contributed by atoms with Crippen molar-refractivity contribution in [3.63, 3.8) is 0 Å². The highest BCUT2D eigenvalue weighted by Gasteiger charge is 2.07. The molecule has 5 aromatic rings. The molecular weight excluding hydrogens is 500 g/mol. The van der Waals surface area contributed by atoms with E-state index in [2.05, 4.69) is 72.8 Å². The molecule has 0 saturated heterocycles. The lowest BCUT2D eigenvalue weighted by Gasteiger charge is -2.08. The highest BCUT2D eigenvalue weighted by molar-refractivity contribution is 5.39. The van der Waals surface area contributed by atoms with Crippen LogP contribution in [0.15, 0.2) is 121 Å². The van der Waals surface area contributed by atoms with Crippen molar-refractivity contribution >= 4 is 11.4 Å². The highest BCUT2D eigenvalue weighted by atomic mass is 16.6. The fourth-order valence-electron chi connectivity index (χ4n) is 4.74. The number of nitrogens with zero attached hydrogens (tertiary/aromatic N) is 2. The van der Waals surface area contributed by atoms with Gasteiger partial charge in [0.25, 0.3) is 11.4 Å². The first-order chi connectivity index (χ1) is 19.4. The Morgan fingerprint density at radius 3 is 0.625 bits per heavy atom. The first-order valence-electron chi connectivity index (χ1n) is 13.1. The van der Waals surface area contributed by atoms with E-state index >= 15 is 0 Å². The van der Waals surface area contributed by atoms with E-state index in [0.717, 1.165) is 36.8 Å². The van der Waals surface area contributed by atoms with Crippen LogP contribution in [0.5, 0.6) is 0 Å². The number of nitro groups is 2. The maximum atomic E-state index is 10.8. The van der Waals surface area contributed by atoms with Gasteiger partial charge < -0.3 is 0 Å². The molecule has 0 heterocycles. The van der Waals surface area contributed by atoms with Crippen molar-refractivity contribution in [2.24, 2.45) is 0 Å². The fraction of sp³-hybridized carbons (Fsp3) is 0.118. The molecule has 0 amide bonds. The van der Waals surface area contributed by atoms with Crippen LogP contribution in [0, 0.1) is 20.2 Å². The minimum Gasteiger partial charge on any atom is -0.258 e. The second-order valence-electron chi connectivity index (χ2n) is 10.0. The molecule has 0 atom stereocenters. The Morgan fingerprint density at radius 1 is 0.325 bits per heavy atom. The summed E-state index contributed by atoms with van der Waals surface area (Å²) in [7, 11) is 0. The van der Waals surface area contributed by atoms with E-state index in [9.17, 15) is 20.2 Å². The Balaban J connectivity index is 1.13. The van der Waals surface area contributed by atoms with E-state index < -0.39 is 0 Å². The second-order valence-corrected chi connectivity index (χ2v) is 10.0. The van der Waals surface area contributed by atoms with Gasteiger partial charge in [0, 0.05) is 24.3 Å². The fourth-order valence-corrected chi connectivity index (χ4v) is 4.74. The van der Waals surface area contributed by atoms with Crippen LogP contribution >= 0.6 is 0 Å². The molecule has 0 N–H and O–H groups in total. The first-order valence-corrected chi connectivity index (χ1v) is 13.1. The van der Waals surface area contributed by atoms with E-state index in [0.29, 0.717) is 0 Å². The van der Waals surface area contributed by atoms with Crippen LogP contribution in [-0.4, -0.2) is 9.85 Å². The number of nitro benzene ring substituents is 2. The van der Waals surface area contributed by atoms with Crippen molar-refractivity contribution in [2.75, 3.05) is 0 Å². The van der Waals surface area contributed by atoms with Gasteiger partial charge in [0.15, 0.2) is 0 Å². The van der Waals surface area contributed by atoms with Crippen molar-refractivity contribution in [1.82, 2.24) is 0 Å². The highest BCUT2D eigenvalue weighted by Crippen LogP contribution is 2.19. The normalized spacial score (nSPS) is 10.8. The van der Waals surface area contributed by atoms with Gasteiger partial charge in [-0.2, -0.15) is 0 Å². The number of rotatable bonds is 10. The van der Waals surface area contributed by atoms with Crippen molar-refractivity contribution in [3.05, 3.63) is 186 Å². The Labute approximate surface area is 232 Å². The van der Waals surface area contributed by atoms with Crippen LogP contribution in [0.2, 0.25) is 0 Å². The van der Waals surface area contributed by atoms with Gasteiger partial charge in [-0.25, -0.2) is 0 Å². The summed E-state index contributed by atoms with van der Waals surface area (Å²) in [5.41, 5.74) is 9.66. The molecule has 40 heavy (non-hydrogen) atoms. The van der Waals surface area contributed by atoms with Crippen LogP contribution in [0.1, 0.15) is 44.5 Å². The van der Waals surface area contributed by atoms with Gasteiger partial charge in [0.05, 0.1) is 9.85 Å². The molecule has 0 bridgehead atoms. The van der Waals surface area contributed by atoms with Crippen LogP contribution in [-0.2, 0) is 25.7 Å². The van der Waals surface area contributed by atoms with Gasteiger partial charge in [-0.1, -0.05) is 97.1 Å². The molecule has 0 aliphatic heterocycles. The monoisotopic (exact) mass is 528 g/mol. The van der Waals surface area contributed by atoms with Crippen molar-refractivity contribution < 1.29 is 9.85 Å². The Bertz CT molecular complexity index is 1470. The largest absolute Gasteiger partial charge is 0.269 e. The van der Waals surface area contributed by atoms with E-state index in [4.69, 9.17) is 0 Å². The van der Waals surface area contributed by atoms with Crippen molar-refractivity contribution in [3.8, 4) is 0 Å². The molecule has 0 fully saturated rings. The number of hydrogen-bond donors (Lipinski definition) is 0. The summed E-state index contributed by atoms with van der Waals surface area (Å²) in [6, 6.07) is 39.2. The standard InChI is InChI=1S/C34H28N2O4/c37-35(38)33-17-13-31(14-18-33)23-29-9-5-27(6-10-29)21-25-1-2-26(4-3-25)22-28-7-11-30(12-8-28)24-32-15-19-34(20-16-32)36(39)40/h1-20H,21-24H2. The minimum absolute atomic E-state index is 0.111. The number of benzene rings is 5. The molecule has 5 rings (SSSR count). The SMILES string of the molecule is O=[N+]([O-])c1ccc(Cc2ccc(Cc3ccc(Cc4ccc(Cc5ccc([N+](=O)[O-])cc5)cc4)cc3)cc2)cc1. The van der Waals surface area contributed by atoms with E-state index in [1.807, 2.05) is 24.3 Å². The Morgan fingerprint density at radius 2 is 0.475 bits per heavy atom. The molecule has 0 aliphatic rings. The maximum absolute atomic E-state index is 10.8. The predicted molar refractivity (Wildman–Crippen MR) is 157 cm³/mol. The zero-order valence-electron chi connectivity index (χ0n) is 21.9. The maximum Gasteiger partial charge on any atom is 0.269 e. The third-order valence-electron chi connectivity index (χ3n) is 7.00. The van der Waals surface area contributed by atoms with Crippen molar-refractivity contribution in [2.45, 2.75) is 25.7 Å². The molecule has 6 heteroatoms. The van der Waals surface area contributed by atoms with Crippen LogP contribution in [0.25, 0.3) is 0 Å². The smallest absolute Gasteiger partial charge is 0.258 e. The Hall–Kier alpha value is -5.10. The summed E-state index contributed by atoms with van der Waals surface area (Å²) in [6.45, 7) is 0. The van der Waals surface area contributed by atoms with Gasteiger partial charge >= 0.3 is 0 Å². The van der Waals surface area contributed by atoms with E-state index in [1.54, 1.807) is 24.3 Å². The lowest BCUT2D eigenvalue weighted by molar-refractivity contribution is -0.385. The third kappa shape index (κ3) is 7.05. The van der Waals surface area contributed by atoms with Crippen LogP contribution < -0.4 is 0 Å². The van der Waals surface area contributed by atoms with Crippen LogP contribution in [0.3, 0.4) is 0 Å². The predicted octanol–water partition coefficient (Wildman–Crippen LogP) is 7.87. The van der Waals surface area contributed by atoms with Gasteiger partial charge in [-0.05, 0) is 70.2 Å². The molecule has 0 spiro atoms. The third-order valence-corrected chi connectivity index (χ3v) is 7.00. The molecular formula is C34H28N2O4. The molecule has 0 radical (unpaired) electrons. The number of non-ortho nitro benzene ring substituents is 2. The second kappa shape index (κ2) is 12.2. The zero-order valence-corrected chi connectivity index (χ0v) is 21.9. The lowest BCUT2D eigenvalue weighted by atomic mass is 9.97. The molecule has 198 valence electrons. The Kier molecular flexibility index (Phi) is 8.07. The zero-order chi connectivity index (χ0) is 27.9. The summed E-state index contributed by atoms with van der Waals surface area (Å²) in [6.07, 6.45) is 3.20. The molecule has 0 aromatic heterocycles. The first kappa shape index (κ1) is 26.5. The quantitative estimate of drug-likeness (QED) is 0.136. The van der Waals surface area contributed by atoms with Gasteiger partial charge in [-0.3, -0.25) is 20.2 Å². The van der Waals surface area contributed by atoms with Gasteiger partial charge in [-0.15, -0.1) is 0 Å². The minimum atomic E-state index is -0.379. The molecule has 6 nitrogen and oxygen atoms in total. The topological polar surface area (TPSA) is 86.3 Å². The van der Waals surface area contributed by atoms with Crippen molar-refractivity contribution in [1.29, 1.82) is 0 Å². The van der Waals surface area contributed by atoms with E-state index in [-0.39, 0.29) is 21.2 Å². The molecule has 0 unspecified atom stereocenters. The summed E-state index contributed by atoms with van der Waals surface area (Å²) in [4.78, 5) is 20.9. The van der Waals surface area contributed by atoms with Crippen LogP contribution in [0.4, 0.5) is 11.4 Å². The average Bonchev–Trinajstić information content (AvgIpc) is 2.97.